The molecule has 1 aromatic carbocycles. The van der Waals surface area contributed by atoms with Crippen molar-refractivity contribution in [2.24, 2.45) is 5.73 Å². The summed E-state index contributed by atoms with van der Waals surface area (Å²) in [4.78, 5) is 0. The maximum atomic E-state index is 9.08. The number of ether oxygens (including phenoxy) is 1. The van der Waals surface area contributed by atoms with Crippen LogP contribution in [0.25, 0.3) is 0 Å². The molecule has 0 aromatic heterocycles. The topological polar surface area (TPSA) is 138 Å². The molecule has 2 heterocycles. The van der Waals surface area contributed by atoms with E-state index in [2.05, 4.69) is 4.33 Å². The van der Waals surface area contributed by atoms with Gasteiger partial charge in [0.15, 0.2) is 0 Å². The van der Waals surface area contributed by atoms with E-state index >= 15 is 0 Å². The van der Waals surface area contributed by atoms with Gasteiger partial charge in [0.05, 0.1) is 12.7 Å². The molecule has 0 saturated carbocycles. The van der Waals surface area contributed by atoms with Gasteiger partial charge in [0, 0.05) is 24.0 Å². The van der Waals surface area contributed by atoms with Crippen molar-refractivity contribution in [1.82, 2.24) is 0 Å². The van der Waals surface area contributed by atoms with Crippen LogP contribution in [-0.4, -0.2) is 45.1 Å². The molecule has 0 unspecified atom stereocenters. The Hall–Kier alpha value is -0.915. The van der Waals surface area contributed by atoms with Gasteiger partial charge in [-0.25, -0.2) is 5.26 Å². The van der Waals surface area contributed by atoms with E-state index in [0.29, 0.717) is 24.8 Å². The Kier molecular flexibility index (Phi) is 5.63. The number of benzene rings is 1. The van der Waals surface area contributed by atoms with Crippen LogP contribution < -0.4 is 15.9 Å². The Morgan fingerprint density at radius 2 is 2.18 bits per heavy atom. The fourth-order valence-electron chi connectivity index (χ4n) is 2.17. The summed E-state index contributed by atoms with van der Waals surface area (Å²) in [6.07, 6.45) is -0.200. The highest BCUT2D eigenvalue weighted by Crippen LogP contribution is 2.34. The first kappa shape index (κ1) is 17.4. The lowest BCUT2D eigenvalue weighted by Gasteiger charge is -2.13. The van der Waals surface area contributed by atoms with Gasteiger partial charge < -0.3 is 19.8 Å². The Morgan fingerprint density at radius 3 is 2.77 bits per heavy atom. The molecule has 0 aliphatic carbocycles. The van der Waals surface area contributed by atoms with Gasteiger partial charge in [-0.1, -0.05) is 15.9 Å². The van der Waals surface area contributed by atoms with Crippen LogP contribution in [0.3, 0.4) is 0 Å². The molecule has 0 radical (unpaired) electrons. The summed E-state index contributed by atoms with van der Waals surface area (Å²) >= 11 is 6.17. The van der Waals surface area contributed by atoms with Crippen LogP contribution in [0.15, 0.2) is 12.1 Å². The molecule has 4 N–H and O–H groups in total. The predicted octanol–water partition coefficient (Wildman–Crippen LogP) is -0.00100. The molecular weight excluding hydrogens is 340 g/mol. The lowest BCUT2D eigenvalue weighted by molar-refractivity contribution is -0.139. The van der Waals surface area contributed by atoms with E-state index in [1.165, 1.54) is 0 Å². The van der Waals surface area contributed by atoms with E-state index in [1.807, 2.05) is 12.1 Å². The number of nitrogens with two attached hydrogens (primary N) is 1. The van der Waals surface area contributed by atoms with E-state index in [4.69, 9.17) is 49.6 Å². The summed E-state index contributed by atoms with van der Waals surface area (Å²) in [6, 6.07) is 3.67. The van der Waals surface area contributed by atoms with Crippen LogP contribution in [0.2, 0.25) is 5.02 Å². The molecule has 3 rings (SSSR count). The zero-order chi connectivity index (χ0) is 16.3. The monoisotopic (exact) mass is 355 g/mol. The van der Waals surface area contributed by atoms with E-state index < -0.39 is 10.4 Å². The lowest BCUT2D eigenvalue weighted by Crippen LogP contribution is -2.31. The molecule has 0 amide bonds. The molecule has 1 aromatic rings. The van der Waals surface area contributed by atoms with Gasteiger partial charge in [0.25, 0.3) is 0 Å². The van der Waals surface area contributed by atoms with Crippen molar-refractivity contribution in [3.8, 4) is 5.75 Å². The number of rotatable bonds is 2. The van der Waals surface area contributed by atoms with E-state index in [0.717, 1.165) is 16.8 Å². The molecule has 0 fully saturated rings. The molecule has 0 bridgehead atoms. The van der Waals surface area contributed by atoms with Gasteiger partial charge in [0.1, 0.15) is 12.4 Å². The van der Waals surface area contributed by atoms with Gasteiger partial charge in [-0.3, -0.25) is 4.55 Å². The van der Waals surface area contributed by atoms with Crippen LogP contribution in [0, 0.1) is 0 Å². The van der Waals surface area contributed by atoms with Crippen molar-refractivity contribution < 1.29 is 38.0 Å². The first-order valence-corrected chi connectivity index (χ1v) is 7.84. The van der Waals surface area contributed by atoms with Gasteiger partial charge in [0.2, 0.25) is 0 Å². The van der Waals surface area contributed by atoms with E-state index in [1.54, 1.807) is 0 Å². The number of hydrogen-bond donors (Lipinski definition) is 3. The van der Waals surface area contributed by atoms with Crippen molar-refractivity contribution >= 4 is 34.6 Å². The van der Waals surface area contributed by atoms with E-state index in [-0.39, 0.29) is 14.6 Å². The molecule has 2 aliphatic rings. The number of hydrogen-bond acceptors (Lipinski definition) is 8. The summed E-state index contributed by atoms with van der Waals surface area (Å²) < 4.78 is 44.8. The fourth-order valence-corrected chi connectivity index (χ4v) is 2.46. The third-order valence-corrected chi connectivity index (χ3v) is 3.48. The summed E-state index contributed by atoms with van der Waals surface area (Å²) in [5.74, 6) is 0.790. The SMILES string of the molecule is NC[C@H]1OB2OCCOc3ccc(Cl)c1c32.O=S(=O)(O)OO.[HH]. The maximum absolute atomic E-state index is 9.08. The third kappa shape index (κ3) is 3.88. The molecule has 12 heteroatoms. The van der Waals surface area contributed by atoms with E-state index in [9.17, 15) is 0 Å². The standard InChI is InChI=1S/C10H11BClNO3.H2O5S.H2/c12-6-1-2-7-10-9(6)8(5-13)16-11(10)15-4-3-14-7;1-5-6(2,3)4;/h1-2,8H,3-5,13H2;1H,(H,2,3,4);1H/t8-;;/m1../s1. The summed E-state index contributed by atoms with van der Waals surface area (Å²) in [5, 5.41) is 7.72. The molecule has 9 nitrogen and oxygen atoms in total. The second-order valence-corrected chi connectivity index (χ2v) is 5.70. The molecule has 0 spiro atoms. The molecule has 2 aliphatic heterocycles. The lowest BCUT2D eigenvalue weighted by atomic mass is 9.78. The van der Waals surface area contributed by atoms with Crippen molar-refractivity contribution in [3.05, 3.63) is 22.7 Å². The molecular formula is C10H15BClNO8S. The van der Waals surface area contributed by atoms with Crippen molar-refractivity contribution in [2.75, 3.05) is 19.8 Å². The normalized spacial score (nSPS) is 19.6. The van der Waals surface area contributed by atoms with Crippen LogP contribution in [0.1, 0.15) is 13.1 Å². The Labute approximate surface area is 133 Å². The Morgan fingerprint density at radius 1 is 1.50 bits per heavy atom. The quantitative estimate of drug-likeness (QED) is 0.289. The highest BCUT2D eigenvalue weighted by atomic mass is 35.5. The van der Waals surface area contributed by atoms with Crippen LogP contribution in [0.5, 0.6) is 5.75 Å². The average molecular weight is 356 g/mol. The van der Waals surface area contributed by atoms with Crippen molar-refractivity contribution in [3.63, 3.8) is 0 Å². The highest BCUT2D eigenvalue weighted by Gasteiger charge is 2.42. The summed E-state index contributed by atoms with van der Waals surface area (Å²) in [7, 11) is -5.00. The second kappa shape index (κ2) is 7.11. The largest absolute Gasteiger partial charge is 0.498 e. The van der Waals surface area contributed by atoms with Gasteiger partial charge in [-0.15, -0.1) is 0 Å². The molecule has 0 saturated heterocycles. The number of halogens is 1. The minimum absolute atomic E-state index is 0. The zero-order valence-electron chi connectivity index (χ0n) is 11.1. The minimum Gasteiger partial charge on any atom is -0.492 e. The summed E-state index contributed by atoms with van der Waals surface area (Å²) in [5.41, 5.74) is 7.48. The first-order valence-electron chi connectivity index (χ1n) is 6.10. The minimum atomic E-state index is -4.61. The van der Waals surface area contributed by atoms with Crippen LogP contribution in [-0.2, 0) is 24.0 Å². The fraction of sp³-hybridized carbons (Fsp3) is 0.400. The average Bonchev–Trinajstić information content (AvgIpc) is 2.73. The predicted molar refractivity (Wildman–Crippen MR) is 78.5 cm³/mol. The molecule has 124 valence electrons. The summed E-state index contributed by atoms with van der Waals surface area (Å²) in [6.45, 7) is 1.42. The molecule has 1 atom stereocenters. The van der Waals surface area contributed by atoms with Gasteiger partial charge in [-0.2, -0.15) is 8.42 Å². The first-order chi connectivity index (χ1) is 10.4. The van der Waals surface area contributed by atoms with Gasteiger partial charge >= 0.3 is 17.5 Å². The zero-order valence-corrected chi connectivity index (χ0v) is 12.7. The maximum Gasteiger partial charge on any atom is 0.498 e. The Bertz CT molecular complexity index is 648. The third-order valence-electron chi connectivity index (χ3n) is 2.96. The highest BCUT2D eigenvalue weighted by molar-refractivity contribution is 7.80. The molecule has 22 heavy (non-hydrogen) atoms. The smallest absolute Gasteiger partial charge is 0.492 e. The Balaban J connectivity index is 0.000000330. The van der Waals surface area contributed by atoms with Crippen LogP contribution >= 0.6 is 11.6 Å². The van der Waals surface area contributed by atoms with Gasteiger partial charge in [-0.05, 0) is 12.1 Å². The van der Waals surface area contributed by atoms with Crippen LogP contribution in [0.4, 0.5) is 0 Å². The van der Waals surface area contributed by atoms with Crippen molar-refractivity contribution in [2.45, 2.75) is 6.10 Å². The van der Waals surface area contributed by atoms with Crippen molar-refractivity contribution in [1.29, 1.82) is 0 Å². The second-order valence-electron chi connectivity index (χ2n) is 4.29.